The van der Waals surface area contributed by atoms with Crippen molar-refractivity contribution in [2.45, 2.75) is 12.8 Å². The van der Waals surface area contributed by atoms with Gasteiger partial charge in [-0.25, -0.2) is 9.97 Å². The van der Waals surface area contributed by atoms with E-state index in [-0.39, 0.29) is 0 Å². The summed E-state index contributed by atoms with van der Waals surface area (Å²) in [6.07, 6.45) is 8.20. The molecule has 8 rings (SSSR count). The van der Waals surface area contributed by atoms with E-state index in [2.05, 4.69) is 94.0 Å². The third-order valence-corrected chi connectivity index (χ3v) is 9.24. The third-order valence-electron chi connectivity index (χ3n) is 7.11. The van der Waals surface area contributed by atoms with E-state index in [1.807, 2.05) is 18.3 Å². The lowest BCUT2D eigenvalue weighted by atomic mass is 9.93. The number of benzene rings is 2. The monoisotopic (exact) mass is 527 g/mol. The van der Waals surface area contributed by atoms with E-state index in [0.29, 0.717) is 0 Å². The van der Waals surface area contributed by atoms with Gasteiger partial charge in [-0.3, -0.25) is 9.88 Å². The summed E-state index contributed by atoms with van der Waals surface area (Å²) in [5.74, 6) is 0.850. The number of fused-ring (bicyclic) bond motifs is 5. The topological polar surface area (TPSA) is 46.8 Å². The summed E-state index contributed by atoms with van der Waals surface area (Å²) in [7, 11) is 0. The van der Waals surface area contributed by atoms with Gasteiger partial charge in [-0.15, -0.1) is 11.3 Å². The summed E-state index contributed by atoms with van der Waals surface area (Å²) in [5, 5.41) is 5.55. The van der Waals surface area contributed by atoms with Crippen molar-refractivity contribution in [2.75, 3.05) is 4.90 Å². The minimum atomic E-state index is 0.850. The molecule has 5 heterocycles. The lowest BCUT2D eigenvalue weighted by Crippen LogP contribution is -2.14. The van der Waals surface area contributed by atoms with Gasteiger partial charge in [-0.2, -0.15) is 0 Å². The zero-order valence-electron chi connectivity index (χ0n) is 20.3. The van der Waals surface area contributed by atoms with Crippen molar-refractivity contribution in [1.29, 1.82) is 0 Å². The first-order valence-corrected chi connectivity index (χ1v) is 14.3. The van der Waals surface area contributed by atoms with Gasteiger partial charge in [-0.05, 0) is 59.0 Å². The molecule has 182 valence electrons. The molecule has 1 aliphatic carbocycles. The van der Waals surface area contributed by atoms with Crippen LogP contribution in [0.15, 0.2) is 103 Å². The molecule has 0 spiro atoms. The number of pyridine rings is 2. The summed E-state index contributed by atoms with van der Waals surface area (Å²) >= 11 is 3.44. The highest BCUT2D eigenvalue weighted by Crippen LogP contribution is 2.43. The van der Waals surface area contributed by atoms with Gasteiger partial charge in [0.2, 0.25) is 0 Å². The fraction of sp³-hybridized carbons (Fsp3) is 0.0645. The zero-order valence-corrected chi connectivity index (χ0v) is 21.9. The number of rotatable bonds is 4. The lowest BCUT2D eigenvalue weighted by molar-refractivity contribution is 0.911. The number of hydrogen-bond acceptors (Lipinski definition) is 6. The largest absolute Gasteiger partial charge is 0.320 e. The Morgan fingerprint density at radius 3 is 2.32 bits per heavy atom. The van der Waals surface area contributed by atoms with Crippen molar-refractivity contribution in [3.05, 3.63) is 114 Å². The van der Waals surface area contributed by atoms with Gasteiger partial charge in [0.1, 0.15) is 15.3 Å². The van der Waals surface area contributed by atoms with Crippen LogP contribution in [-0.2, 0) is 12.8 Å². The van der Waals surface area contributed by atoms with Crippen LogP contribution in [0.2, 0.25) is 0 Å². The van der Waals surface area contributed by atoms with E-state index in [0.717, 1.165) is 52.1 Å². The van der Waals surface area contributed by atoms with Crippen LogP contribution in [0.1, 0.15) is 11.1 Å². The Bertz CT molecular complexity index is 1920. The molecule has 0 amide bonds. The lowest BCUT2D eigenvalue weighted by Gasteiger charge is -2.24. The molecule has 0 radical (unpaired) electrons. The molecule has 0 bridgehead atoms. The molecule has 7 aromatic rings. The van der Waals surface area contributed by atoms with Crippen LogP contribution in [0.3, 0.4) is 0 Å². The predicted octanol–water partition coefficient (Wildman–Crippen LogP) is 8.33. The van der Waals surface area contributed by atoms with Crippen LogP contribution in [-0.4, -0.2) is 19.5 Å². The predicted molar refractivity (Wildman–Crippen MR) is 157 cm³/mol. The summed E-state index contributed by atoms with van der Waals surface area (Å²) in [6.45, 7) is 0. The summed E-state index contributed by atoms with van der Waals surface area (Å²) in [6, 6.07) is 27.3. The maximum atomic E-state index is 5.21. The smallest absolute Gasteiger partial charge is 0.197 e. The van der Waals surface area contributed by atoms with E-state index < -0.39 is 0 Å². The highest BCUT2D eigenvalue weighted by atomic mass is 32.2. The average molecular weight is 528 g/mol. The number of thiazole rings is 1. The van der Waals surface area contributed by atoms with Crippen molar-refractivity contribution >= 4 is 59.6 Å². The van der Waals surface area contributed by atoms with Crippen LogP contribution >= 0.6 is 22.7 Å². The number of thiophene rings is 1. The van der Waals surface area contributed by atoms with E-state index in [1.165, 1.54) is 25.9 Å². The van der Waals surface area contributed by atoms with Crippen LogP contribution in [0.4, 0.5) is 16.6 Å². The first kappa shape index (κ1) is 21.7. The van der Waals surface area contributed by atoms with Gasteiger partial charge in [0.25, 0.3) is 0 Å². The highest BCUT2D eigenvalue weighted by molar-refractivity contribution is 7.39. The molecule has 0 N–H and O–H groups in total. The van der Waals surface area contributed by atoms with Crippen molar-refractivity contribution < 1.29 is 0 Å². The molecule has 0 saturated heterocycles. The third kappa shape index (κ3) is 3.47. The molecule has 7 heteroatoms. The second-order valence-electron chi connectivity index (χ2n) is 9.41. The molecule has 1 aliphatic rings. The Labute approximate surface area is 227 Å². The second kappa shape index (κ2) is 8.62. The van der Waals surface area contributed by atoms with Crippen LogP contribution in [0, 0.1) is 0 Å². The van der Waals surface area contributed by atoms with Crippen LogP contribution < -0.4 is 4.90 Å². The number of anilines is 3. The molecule has 38 heavy (non-hydrogen) atoms. The minimum absolute atomic E-state index is 0.850. The molecule has 5 nitrogen and oxygen atoms in total. The van der Waals surface area contributed by atoms with Gasteiger partial charge in [0.15, 0.2) is 5.13 Å². The Morgan fingerprint density at radius 1 is 0.737 bits per heavy atom. The normalized spacial score (nSPS) is 12.5. The Balaban J connectivity index is 1.28. The van der Waals surface area contributed by atoms with Crippen molar-refractivity contribution in [3.63, 3.8) is 0 Å². The standard InChI is InChI=1S/C31H21N5S2/c1-2-10-24(11-3-1)36(26-15-14-21-13-12-20-9-6-16-32-27(20)28(21)33-26)31-34-29-25(19-37-30(29)38-31)35-17-22-7-4-5-8-23(22)18-35/h1-11,14-19H,12-13H2. The number of nitrogens with zero attached hydrogens (tertiary/aromatic N) is 5. The second-order valence-corrected chi connectivity index (χ2v) is 11.5. The Morgan fingerprint density at radius 2 is 1.50 bits per heavy atom. The molecule has 0 unspecified atom stereocenters. The Hall–Kier alpha value is -4.33. The molecule has 0 atom stereocenters. The fourth-order valence-corrected chi connectivity index (χ4v) is 7.37. The number of hydrogen-bond donors (Lipinski definition) is 0. The number of para-hydroxylation sites is 1. The molecule has 0 fully saturated rings. The summed E-state index contributed by atoms with van der Waals surface area (Å²) < 4.78 is 3.39. The van der Waals surface area contributed by atoms with Gasteiger partial charge < -0.3 is 4.57 Å². The zero-order chi connectivity index (χ0) is 25.1. The highest BCUT2D eigenvalue weighted by Gasteiger charge is 2.24. The van der Waals surface area contributed by atoms with E-state index in [1.54, 1.807) is 22.7 Å². The van der Waals surface area contributed by atoms with E-state index in [4.69, 9.17) is 15.0 Å². The minimum Gasteiger partial charge on any atom is -0.320 e. The molecule has 5 aromatic heterocycles. The molecule has 2 aromatic carbocycles. The van der Waals surface area contributed by atoms with Crippen LogP contribution in [0.25, 0.3) is 37.4 Å². The van der Waals surface area contributed by atoms with Crippen molar-refractivity contribution in [2.24, 2.45) is 0 Å². The summed E-state index contributed by atoms with van der Waals surface area (Å²) in [4.78, 5) is 17.3. The molecular weight excluding hydrogens is 507 g/mol. The summed E-state index contributed by atoms with van der Waals surface area (Å²) in [5.41, 5.74) is 7.62. The van der Waals surface area contributed by atoms with E-state index in [9.17, 15) is 0 Å². The Kier molecular flexibility index (Phi) is 4.93. The van der Waals surface area contributed by atoms with Gasteiger partial charge in [-0.1, -0.05) is 65.9 Å². The maximum absolute atomic E-state index is 5.21. The quantitative estimate of drug-likeness (QED) is 0.231. The first-order chi connectivity index (χ1) is 18.8. The molecular formula is C31H21N5S2. The maximum Gasteiger partial charge on any atom is 0.197 e. The molecule has 0 aliphatic heterocycles. The van der Waals surface area contributed by atoms with Gasteiger partial charge in [0, 0.05) is 29.7 Å². The SMILES string of the molecule is c1ccc(N(c2ccc3c(n2)-c2ncccc2CC3)c2nc3c(-n4cc5ccccc5c4)csc3s2)cc1. The number of aryl methyl sites for hydroxylation is 2. The fourth-order valence-electron chi connectivity index (χ4n) is 5.25. The van der Waals surface area contributed by atoms with Gasteiger partial charge in [0.05, 0.1) is 17.1 Å². The van der Waals surface area contributed by atoms with E-state index >= 15 is 0 Å². The van der Waals surface area contributed by atoms with Crippen molar-refractivity contribution in [3.8, 4) is 17.1 Å². The molecule has 0 saturated carbocycles. The average Bonchev–Trinajstić information content (AvgIpc) is 3.68. The van der Waals surface area contributed by atoms with Gasteiger partial charge >= 0.3 is 0 Å². The first-order valence-electron chi connectivity index (χ1n) is 12.6. The van der Waals surface area contributed by atoms with Crippen LogP contribution in [0.5, 0.6) is 0 Å². The van der Waals surface area contributed by atoms with Crippen molar-refractivity contribution in [1.82, 2.24) is 19.5 Å². The number of aromatic nitrogens is 4.